The average Bonchev–Trinajstić information content (AvgIpc) is 2.90. The van der Waals surface area contributed by atoms with Gasteiger partial charge in [-0.2, -0.15) is 4.39 Å². The van der Waals surface area contributed by atoms with Crippen molar-refractivity contribution in [2.45, 2.75) is 38.5 Å². The topological polar surface area (TPSA) is 64.4 Å². The second kappa shape index (κ2) is 6.08. The lowest BCUT2D eigenvalue weighted by Crippen LogP contribution is -2.36. The second-order valence-electron chi connectivity index (χ2n) is 4.73. The highest BCUT2D eigenvalue weighted by molar-refractivity contribution is 5.36. The number of nitrogens with zero attached hydrogens (tertiary/aromatic N) is 1. The van der Waals surface area contributed by atoms with Gasteiger partial charge < -0.3 is 10.1 Å². The molecule has 0 spiro atoms. The molecule has 104 valence electrons. The molecule has 1 aliphatic heterocycles. The van der Waals surface area contributed by atoms with Crippen molar-refractivity contribution in [3.05, 3.63) is 39.7 Å². The van der Waals surface area contributed by atoms with Crippen LogP contribution in [0.3, 0.4) is 0 Å². The van der Waals surface area contributed by atoms with Crippen molar-refractivity contribution in [2.24, 2.45) is 0 Å². The number of ether oxygens (including phenoxy) is 1. The summed E-state index contributed by atoms with van der Waals surface area (Å²) in [4.78, 5) is 9.94. The van der Waals surface area contributed by atoms with E-state index >= 15 is 0 Å². The molecule has 1 fully saturated rings. The molecule has 2 rings (SSSR count). The summed E-state index contributed by atoms with van der Waals surface area (Å²) in [6, 6.07) is 4.32. The average molecular weight is 268 g/mol. The maximum Gasteiger partial charge on any atom is 0.305 e. The zero-order valence-electron chi connectivity index (χ0n) is 10.8. The predicted octanol–water partition coefficient (Wildman–Crippen LogP) is 2.39. The highest BCUT2D eigenvalue weighted by Crippen LogP contribution is 2.21. The largest absolute Gasteiger partial charge is 0.377 e. The number of nitrogens with one attached hydrogen (secondary N) is 1. The number of nitro benzene ring substituents is 1. The molecular formula is C13H17FN2O3. The van der Waals surface area contributed by atoms with Gasteiger partial charge in [-0.05, 0) is 19.8 Å². The van der Waals surface area contributed by atoms with E-state index in [2.05, 4.69) is 5.32 Å². The Morgan fingerprint density at radius 1 is 1.63 bits per heavy atom. The van der Waals surface area contributed by atoms with Gasteiger partial charge in [0.1, 0.15) is 0 Å². The zero-order chi connectivity index (χ0) is 13.8. The second-order valence-corrected chi connectivity index (χ2v) is 4.73. The Hall–Kier alpha value is -1.53. The van der Waals surface area contributed by atoms with E-state index in [0.29, 0.717) is 5.56 Å². The number of halogens is 1. The van der Waals surface area contributed by atoms with Crippen molar-refractivity contribution in [3.8, 4) is 0 Å². The Labute approximate surface area is 110 Å². The van der Waals surface area contributed by atoms with Gasteiger partial charge >= 0.3 is 5.69 Å². The summed E-state index contributed by atoms with van der Waals surface area (Å²) in [5.74, 6) is -0.764. The van der Waals surface area contributed by atoms with Crippen LogP contribution in [-0.4, -0.2) is 23.7 Å². The molecule has 0 amide bonds. The SMILES string of the molecule is CC(NCc1cccc([N+](=O)[O-])c1F)C1CCCO1. The highest BCUT2D eigenvalue weighted by Gasteiger charge is 2.23. The fourth-order valence-electron chi connectivity index (χ4n) is 2.24. The van der Waals surface area contributed by atoms with Gasteiger partial charge in [0.25, 0.3) is 0 Å². The Kier molecular flexibility index (Phi) is 4.44. The maximum atomic E-state index is 13.8. The fraction of sp³-hybridized carbons (Fsp3) is 0.538. The van der Waals surface area contributed by atoms with Gasteiger partial charge in [0.15, 0.2) is 0 Å². The van der Waals surface area contributed by atoms with Gasteiger partial charge in [-0.3, -0.25) is 10.1 Å². The Bertz CT molecular complexity index is 461. The van der Waals surface area contributed by atoms with E-state index in [0.717, 1.165) is 19.4 Å². The molecule has 0 bridgehead atoms. The van der Waals surface area contributed by atoms with Crippen LogP contribution < -0.4 is 5.32 Å². The molecule has 1 heterocycles. The van der Waals surface area contributed by atoms with E-state index in [4.69, 9.17) is 4.74 Å². The Balaban J connectivity index is 1.99. The molecule has 1 aromatic carbocycles. The van der Waals surface area contributed by atoms with Crippen molar-refractivity contribution < 1.29 is 14.1 Å². The van der Waals surface area contributed by atoms with Crippen LogP contribution in [0.25, 0.3) is 0 Å². The first kappa shape index (κ1) is 13.9. The number of nitro groups is 1. The Morgan fingerprint density at radius 3 is 3.05 bits per heavy atom. The van der Waals surface area contributed by atoms with Crippen LogP contribution in [0, 0.1) is 15.9 Å². The number of hydrogen-bond acceptors (Lipinski definition) is 4. The molecule has 5 nitrogen and oxygen atoms in total. The minimum atomic E-state index is -0.764. The van der Waals surface area contributed by atoms with Crippen LogP contribution in [0.4, 0.5) is 10.1 Å². The molecule has 0 radical (unpaired) electrons. The highest BCUT2D eigenvalue weighted by atomic mass is 19.1. The zero-order valence-corrected chi connectivity index (χ0v) is 10.8. The number of rotatable bonds is 5. The molecule has 1 aromatic rings. The standard InChI is InChI=1S/C13H17FN2O3/c1-9(12-6-3-7-19-12)15-8-10-4-2-5-11(13(10)14)16(17)18/h2,4-5,9,12,15H,3,6-8H2,1H3. The van der Waals surface area contributed by atoms with Crippen LogP contribution in [0.1, 0.15) is 25.3 Å². The summed E-state index contributed by atoms with van der Waals surface area (Å²) < 4.78 is 19.4. The van der Waals surface area contributed by atoms with E-state index < -0.39 is 16.4 Å². The maximum absolute atomic E-state index is 13.8. The summed E-state index contributed by atoms with van der Waals surface area (Å²) >= 11 is 0. The van der Waals surface area contributed by atoms with Crippen LogP contribution >= 0.6 is 0 Å². The lowest BCUT2D eigenvalue weighted by molar-refractivity contribution is -0.387. The first-order valence-electron chi connectivity index (χ1n) is 6.36. The van der Waals surface area contributed by atoms with Crippen LogP contribution in [0.2, 0.25) is 0 Å². The van der Waals surface area contributed by atoms with E-state index in [-0.39, 0.29) is 18.7 Å². The van der Waals surface area contributed by atoms with Crippen molar-refractivity contribution in [2.75, 3.05) is 6.61 Å². The van der Waals surface area contributed by atoms with Gasteiger partial charge in [0.05, 0.1) is 11.0 Å². The monoisotopic (exact) mass is 268 g/mol. The van der Waals surface area contributed by atoms with E-state index in [1.165, 1.54) is 12.1 Å². The van der Waals surface area contributed by atoms with Gasteiger partial charge in [0, 0.05) is 30.8 Å². The smallest absolute Gasteiger partial charge is 0.305 e. The minimum Gasteiger partial charge on any atom is -0.377 e. The third kappa shape index (κ3) is 3.27. The summed E-state index contributed by atoms with van der Waals surface area (Å²) in [5.41, 5.74) is -0.178. The summed E-state index contributed by atoms with van der Waals surface area (Å²) in [6.07, 6.45) is 2.18. The summed E-state index contributed by atoms with van der Waals surface area (Å²) in [6.45, 7) is 3.00. The molecule has 0 saturated carbocycles. The first-order chi connectivity index (χ1) is 9.09. The van der Waals surface area contributed by atoms with Crippen molar-refractivity contribution in [1.29, 1.82) is 0 Å². The molecule has 1 saturated heterocycles. The molecule has 19 heavy (non-hydrogen) atoms. The fourth-order valence-corrected chi connectivity index (χ4v) is 2.24. The van der Waals surface area contributed by atoms with Crippen molar-refractivity contribution >= 4 is 5.69 Å². The molecule has 1 aliphatic rings. The van der Waals surface area contributed by atoms with Crippen LogP contribution in [-0.2, 0) is 11.3 Å². The van der Waals surface area contributed by atoms with E-state index in [9.17, 15) is 14.5 Å². The van der Waals surface area contributed by atoms with Crippen molar-refractivity contribution in [3.63, 3.8) is 0 Å². The van der Waals surface area contributed by atoms with Gasteiger partial charge in [-0.15, -0.1) is 0 Å². The third-order valence-corrected chi connectivity index (χ3v) is 3.39. The van der Waals surface area contributed by atoms with Gasteiger partial charge in [0.2, 0.25) is 5.82 Å². The summed E-state index contributed by atoms with van der Waals surface area (Å²) in [7, 11) is 0. The van der Waals surface area contributed by atoms with E-state index in [1.807, 2.05) is 6.92 Å². The first-order valence-corrected chi connectivity index (χ1v) is 6.36. The molecular weight excluding hydrogens is 251 g/mol. The van der Waals surface area contributed by atoms with Gasteiger partial charge in [-0.1, -0.05) is 12.1 Å². The van der Waals surface area contributed by atoms with E-state index in [1.54, 1.807) is 6.07 Å². The molecule has 6 heteroatoms. The number of hydrogen-bond donors (Lipinski definition) is 1. The van der Waals surface area contributed by atoms with Crippen LogP contribution in [0.5, 0.6) is 0 Å². The molecule has 0 aliphatic carbocycles. The van der Waals surface area contributed by atoms with Crippen molar-refractivity contribution in [1.82, 2.24) is 5.32 Å². The quantitative estimate of drug-likeness (QED) is 0.658. The third-order valence-electron chi connectivity index (χ3n) is 3.39. The summed E-state index contributed by atoms with van der Waals surface area (Å²) in [5, 5.41) is 13.8. The minimum absolute atomic E-state index is 0.0983. The normalized spacial score (nSPS) is 20.4. The lowest BCUT2D eigenvalue weighted by Gasteiger charge is -2.20. The molecule has 0 aromatic heterocycles. The number of benzene rings is 1. The van der Waals surface area contributed by atoms with Crippen LogP contribution in [0.15, 0.2) is 18.2 Å². The predicted molar refractivity (Wildman–Crippen MR) is 68.3 cm³/mol. The Morgan fingerprint density at radius 2 is 2.42 bits per heavy atom. The van der Waals surface area contributed by atoms with Gasteiger partial charge in [-0.25, -0.2) is 0 Å². The molecule has 2 unspecified atom stereocenters. The lowest BCUT2D eigenvalue weighted by atomic mass is 10.1. The molecule has 1 N–H and O–H groups in total. The molecule has 2 atom stereocenters.